The van der Waals surface area contributed by atoms with Gasteiger partial charge in [-0.05, 0) is 28.8 Å². The molecule has 1 aliphatic heterocycles. The molecule has 0 unspecified atom stereocenters. The van der Waals surface area contributed by atoms with E-state index in [1.807, 2.05) is 0 Å². The highest BCUT2D eigenvalue weighted by Crippen LogP contribution is 2.09. The first kappa shape index (κ1) is 13.8. The van der Waals surface area contributed by atoms with E-state index >= 15 is 0 Å². The minimum absolute atomic E-state index is 0. The maximum absolute atomic E-state index is 11.6. The third-order valence-electron chi connectivity index (χ3n) is 2.33. The van der Waals surface area contributed by atoms with Crippen molar-refractivity contribution in [3.8, 4) is 0 Å². The zero-order valence-corrected chi connectivity index (χ0v) is 11.2. The van der Waals surface area contributed by atoms with Gasteiger partial charge >= 0.3 is 0 Å². The molecule has 1 saturated heterocycles. The molecule has 1 fully saturated rings. The van der Waals surface area contributed by atoms with Crippen LogP contribution in [0.5, 0.6) is 0 Å². The summed E-state index contributed by atoms with van der Waals surface area (Å²) in [5.41, 5.74) is 1.30. The van der Waals surface area contributed by atoms with E-state index in [0.29, 0.717) is 0 Å². The quantitative estimate of drug-likeness (QED) is 0.877. The van der Waals surface area contributed by atoms with Gasteiger partial charge in [0.2, 0.25) is 5.91 Å². The monoisotopic (exact) mass is 278 g/mol. The standard InChI is InChI=1S/C10H14N2OS2.ClH/c13-10(9-6-15-7-12-9)11-3-1-8-2-4-14-5-8;/h2,4-5,9,12H,1,3,6-7H2,(H,11,13);1H/t9-;/m1./s1. The minimum Gasteiger partial charge on any atom is -0.354 e. The lowest BCUT2D eigenvalue weighted by Gasteiger charge is -2.09. The number of carbonyl (C=O) groups excluding carboxylic acids is 1. The number of halogens is 1. The number of hydrogen-bond acceptors (Lipinski definition) is 4. The summed E-state index contributed by atoms with van der Waals surface area (Å²) in [5, 5.41) is 10.3. The molecule has 0 radical (unpaired) electrons. The van der Waals surface area contributed by atoms with E-state index in [1.54, 1.807) is 23.1 Å². The Morgan fingerprint density at radius 2 is 2.50 bits per heavy atom. The van der Waals surface area contributed by atoms with E-state index in [4.69, 9.17) is 0 Å². The van der Waals surface area contributed by atoms with E-state index in [2.05, 4.69) is 27.5 Å². The Kier molecular flexibility index (Phi) is 6.20. The topological polar surface area (TPSA) is 41.1 Å². The van der Waals surface area contributed by atoms with Crippen LogP contribution in [0.25, 0.3) is 0 Å². The molecule has 1 amide bonds. The van der Waals surface area contributed by atoms with Crippen LogP contribution < -0.4 is 10.6 Å². The predicted molar refractivity (Wildman–Crippen MR) is 72.5 cm³/mol. The van der Waals surface area contributed by atoms with Gasteiger partial charge in [-0.1, -0.05) is 0 Å². The highest BCUT2D eigenvalue weighted by atomic mass is 35.5. The second-order valence-corrected chi connectivity index (χ2v) is 5.25. The van der Waals surface area contributed by atoms with Crippen LogP contribution >= 0.6 is 35.5 Å². The Balaban J connectivity index is 0.00000128. The first-order chi connectivity index (χ1) is 7.36. The molecule has 1 aromatic heterocycles. The summed E-state index contributed by atoms with van der Waals surface area (Å²) in [6.07, 6.45) is 0.926. The average molecular weight is 279 g/mol. The molecule has 3 nitrogen and oxygen atoms in total. The summed E-state index contributed by atoms with van der Waals surface area (Å²) < 4.78 is 0. The first-order valence-electron chi connectivity index (χ1n) is 4.96. The Hall–Kier alpha value is -0.230. The largest absolute Gasteiger partial charge is 0.354 e. The maximum Gasteiger partial charge on any atom is 0.238 e. The second-order valence-electron chi connectivity index (χ2n) is 3.44. The van der Waals surface area contributed by atoms with Gasteiger partial charge in [-0.15, -0.1) is 24.2 Å². The zero-order valence-electron chi connectivity index (χ0n) is 8.77. The maximum atomic E-state index is 11.6. The number of amides is 1. The summed E-state index contributed by atoms with van der Waals surface area (Å²) in [5.74, 6) is 1.92. The van der Waals surface area contributed by atoms with Gasteiger partial charge in [0.25, 0.3) is 0 Å². The van der Waals surface area contributed by atoms with Crippen molar-refractivity contribution in [2.24, 2.45) is 0 Å². The number of thioether (sulfide) groups is 1. The van der Waals surface area contributed by atoms with Crippen LogP contribution in [0.4, 0.5) is 0 Å². The number of carbonyl (C=O) groups is 1. The highest BCUT2D eigenvalue weighted by Gasteiger charge is 2.21. The zero-order chi connectivity index (χ0) is 10.5. The van der Waals surface area contributed by atoms with Gasteiger partial charge in [0.15, 0.2) is 0 Å². The van der Waals surface area contributed by atoms with E-state index in [9.17, 15) is 4.79 Å². The Morgan fingerprint density at radius 3 is 3.12 bits per heavy atom. The minimum atomic E-state index is 0. The lowest BCUT2D eigenvalue weighted by Crippen LogP contribution is -2.42. The Labute approximate surface area is 110 Å². The molecule has 0 saturated carbocycles. The molecular formula is C10H15ClN2OS2. The van der Waals surface area contributed by atoms with Crippen molar-refractivity contribution in [1.82, 2.24) is 10.6 Å². The summed E-state index contributed by atoms with van der Waals surface area (Å²) in [7, 11) is 0. The normalized spacial score (nSPS) is 19.1. The van der Waals surface area contributed by atoms with Crippen molar-refractivity contribution in [1.29, 1.82) is 0 Å². The molecule has 0 bridgehead atoms. The number of rotatable bonds is 4. The van der Waals surface area contributed by atoms with Crippen LogP contribution in [-0.4, -0.2) is 30.1 Å². The summed E-state index contributed by atoms with van der Waals surface area (Å²) in [6, 6.07) is 2.11. The van der Waals surface area contributed by atoms with Crippen LogP contribution in [-0.2, 0) is 11.2 Å². The molecule has 0 spiro atoms. The molecule has 0 aromatic carbocycles. The third kappa shape index (κ3) is 3.97. The molecule has 6 heteroatoms. The number of nitrogens with one attached hydrogen (secondary N) is 2. The fraction of sp³-hybridized carbons (Fsp3) is 0.500. The van der Waals surface area contributed by atoms with Crippen molar-refractivity contribution in [3.63, 3.8) is 0 Å². The highest BCUT2D eigenvalue weighted by molar-refractivity contribution is 7.99. The smallest absolute Gasteiger partial charge is 0.238 e. The van der Waals surface area contributed by atoms with Crippen LogP contribution in [0.2, 0.25) is 0 Å². The van der Waals surface area contributed by atoms with Crippen molar-refractivity contribution in [3.05, 3.63) is 22.4 Å². The molecule has 16 heavy (non-hydrogen) atoms. The lowest BCUT2D eigenvalue weighted by atomic mass is 10.2. The van der Waals surface area contributed by atoms with Gasteiger partial charge in [0, 0.05) is 18.2 Å². The van der Waals surface area contributed by atoms with E-state index in [0.717, 1.165) is 24.6 Å². The SMILES string of the molecule is Cl.O=C(NCCc1ccsc1)[C@H]1CSCN1. The lowest BCUT2D eigenvalue weighted by molar-refractivity contribution is -0.122. The molecule has 90 valence electrons. The fourth-order valence-electron chi connectivity index (χ4n) is 1.45. The summed E-state index contributed by atoms with van der Waals surface area (Å²) in [6.45, 7) is 0.735. The van der Waals surface area contributed by atoms with Gasteiger partial charge in [-0.3, -0.25) is 10.1 Å². The van der Waals surface area contributed by atoms with Gasteiger partial charge in [0.05, 0.1) is 6.04 Å². The molecule has 1 aromatic rings. The van der Waals surface area contributed by atoms with Gasteiger partial charge in [-0.2, -0.15) is 11.3 Å². The van der Waals surface area contributed by atoms with E-state index < -0.39 is 0 Å². The predicted octanol–water partition coefficient (Wildman–Crippen LogP) is 1.49. The van der Waals surface area contributed by atoms with Crippen molar-refractivity contribution in [2.75, 3.05) is 18.2 Å². The van der Waals surface area contributed by atoms with Gasteiger partial charge in [0.1, 0.15) is 0 Å². The molecular weight excluding hydrogens is 264 g/mol. The van der Waals surface area contributed by atoms with Gasteiger partial charge < -0.3 is 5.32 Å². The fourth-order valence-corrected chi connectivity index (χ4v) is 3.10. The summed E-state index contributed by atoms with van der Waals surface area (Å²) in [4.78, 5) is 11.6. The van der Waals surface area contributed by atoms with Crippen molar-refractivity contribution >= 4 is 41.4 Å². The molecule has 1 aliphatic rings. The average Bonchev–Trinajstić information content (AvgIpc) is 2.90. The second kappa shape index (κ2) is 7.17. The van der Waals surface area contributed by atoms with E-state index in [1.165, 1.54) is 5.56 Å². The van der Waals surface area contributed by atoms with Gasteiger partial charge in [-0.25, -0.2) is 0 Å². The molecule has 0 aliphatic carbocycles. The van der Waals surface area contributed by atoms with Crippen LogP contribution in [0.15, 0.2) is 16.8 Å². The molecule has 2 N–H and O–H groups in total. The van der Waals surface area contributed by atoms with Crippen molar-refractivity contribution < 1.29 is 4.79 Å². The molecule has 2 heterocycles. The van der Waals surface area contributed by atoms with Crippen LogP contribution in [0.1, 0.15) is 5.56 Å². The van der Waals surface area contributed by atoms with Crippen LogP contribution in [0.3, 0.4) is 0 Å². The molecule has 1 atom stereocenters. The Bertz CT molecular complexity index is 313. The first-order valence-corrected chi connectivity index (χ1v) is 7.06. The van der Waals surface area contributed by atoms with Crippen molar-refractivity contribution in [2.45, 2.75) is 12.5 Å². The number of hydrogen-bond donors (Lipinski definition) is 2. The number of thiophene rings is 1. The summed E-state index contributed by atoms with van der Waals surface area (Å²) >= 11 is 3.47. The van der Waals surface area contributed by atoms with E-state index in [-0.39, 0.29) is 24.4 Å². The van der Waals surface area contributed by atoms with Crippen LogP contribution in [0, 0.1) is 0 Å². The third-order valence-corrected chi connectivity index (χ3v) is 4.00. The Morgan fingerprint density at radius 1 is 1.62 bits per heavy atom. The molecule has 2 rings (SSSR count).